The first-order valence-electron chi connectivity index (χ1n) is 9.13. The van der Waals surface area contributed by atoms with Gasteiger partial charge in [-0.2, -0.15) is 0 Å². The highest BCUT2D eigenvalue weighted by Crippen LogP contribution is 2.27. The second-order valence-electron chi connectivity index (χ2n) is 6.86. The van der Waals surface area contributed by atoms with Crippen LogP contribution in [-0.2, 0) is 16.6 Å². The zero-order valence-electron chi connectivity index (χ0n) is 15.3. The van der Waals surface area contributed by atoms with E-state index in [2.05, 4.69) is 5.32 Å². The Kier molecular flexibility index (Phi) is 6.15. The van der Waals surface area contributed by atoms with Gasteiger partial charge in [-0.3, -0.25) is 10.1 Å². The molecule has 0 aliphatic heterocycles. The van der Waals surface area contributed by atoms with Crippen molar-refractivity contribution in [1.82, 2.24) is 0 Å². The van der Waals surface area contributed by atoms with Crippen LogP contribution in [0, 0.1) is 10.1 Å². The van der Waals surface area contributed by atoms with Crippen LogP contribution in [0.15, 0.2) is 47.4 Å². The van der Waals surface area contributed by atoms with Crippen LogP contribution in [0.4, 0.5) is 11.4 Å². The average Bonchev–Trinajstić information content (AvgIpc) is 2.66. The molecule has 1 fully saturated rings. The van der Waals surface area contributed by atoms with Gasteiger partial charge in [0.15, 0.2) is 0 Å². The van der Waals surface area contributed by atoms with Crippen molar-refractivity contribution in [3.05, 3.63) is 58.1 Å². The molecule has 9 heteroatoms. The highest BCUT2D eigenvalue weighted by atomic mass is 32.2. The number of hydrogen-bond donors (Lipinski definition) is 2. The summed E-state index contributed by atoms with van der Waals surface area (Å²) in [5.41, 5.74) is 0.774. The third-order valence-corrected chi connectivity index (χ3v) is 5.67. The zero-order chi connectivity index (χ0) is 20.1. The summed E-state index contributed by atoms with van der Waals surface area (Å²) in [6.07, 6.45) is 5.97. The van der Waals surface area contributed by atoms with Gasteiger partial charge in [-0.15, -0.1) is 0 Å². The Morgan fingerprint density at radius 1 is 1.14 bits per heavy atom. The number of nitrogens with zero attached hydrogens (tertiary/aromatic N) is 1. The van der Waals surface area contributed by atoms with E-state index in [-0.39, 0.29) is 22.4 Å². The summed E-state index contributed by atoms with van der Waals surface area (Å²) >= 11 is 0. The van der Waals surface area contributed by atoms with E-state index in [0.29, 0.717) is 6.54 Å². The van der Waals surface area contributed by atoms with E-state index in [1.807, 2.05) is 24.3 Å². The Morgan fingerprint density at radius 3 is 2.57 bits per heavy atom. The van der Waals surface area contributed by atoms with Gasteiger partial charge in [-0.1, -0.05) is 18.6 Å². The molecular formula is C19H23N3O5S. The summed E-state index contributed by atoms with van der Waals surface area (Å²) in [6.45, 7) is 0.322. The van der Waals surface area contributed by atoms with Gasteiger partial charge in [0, 0.05) is 18.7 Å². The summed E-state index contributed by atoms with van der Waals surface area (Å²) in [7, 11) is -4.11. The predicted molar refractivity (Wildman–Crippen MR) is 106 cm³/mol. The smallest absolute Gasteiger partial charge is 0.270 e. The van der Waals surface area contributed by atoms with Crippen LogP contribution in [-0.4, -0.2) is 19.4 Å². The largest absolute Gasteiger partial charge is 0.490 e. The molecule has 0 heterocycles. The molecule has 0 unspecified atom stereocenters. The number of non-ortho nitro benzene ring substituents is 1. The molecular weight excluding hydrogens is 382 g/mol. The fourth-order valence-electron chi connectivity index (χ4n) is 3.31. The number of nitro benzene ring substituents is 1. The predicted octanol–water partition coefficient (Wildman–Crippen LogP) is 3.57. The summed E-state index contributed by atoms with van der Waals surface area (Å²) < 4.78 is 29.7. The zero-order valence-corrected chi connectivity index (χ0v) is 16.2. The van der Waals surface area contributed by atoms with E-state index in [0.717, 1.165) is 30.2 Å². The second kappa shape index (κ2) is 8.57. The van der Waals surface area contributed by atoms with Crippen LogP contribution in [0.2, 0.25) is 0 Å². The van der Waals surface area contributed by atoms with Crippen molar-refractivity contribution >= 4 is 21.4 Å². The molecule has 0 spiro atoms. The maximum Gasteiger partial charge on any atom is 0.270 e. The van der Waals surface area contributed by atoms with E-state index in [1.54, 1.807) is 0 Å². The van der Waals surface area contributed by atoms with Crippen molar-refractivity contribution in [2.75, 3.05) is 5.32 Å². The summed E-state index contributed by atoms with van der Waals surface area (Å²) in [5.74, 6) is 0.779. The molecule has 0 bridgehead atoms. The number of anilines is 1. The molecule has 0 saturated heterocycles. The minimum Gasteiger partial charge on any atom is -0.490 e. The molecule has 0 radical (unpaired) electrons. The van der Waals surface area contributed by atoms with Gasteiger partial charge in [0.05, 0.1) is 16.7 Å². The fourth-order valence-corrected chi connectivity index (χ4v) is 4.04. The minimum absolute atomic E-state index is 0.215. The molecule has 3 rings (SSSR count). The topological polar surface area (TPSA) is 125 Å². The van der Waals surface area contributed by atoms with Crippen molar-refractivity contribution in [2.24, 2.45) is 5.14 Å². The van der Waals surface area contributed by atoms with Gasteiger partial charge in [0.2, 0.25) is 10.0 Å². The number of hydrogen-bond acceptors (Lipinski definition) is 6. The third kappa shape index (κ3) is 5.20. The van der Waals surface area contributed by atoms with Crippen molar-refractivity contribution in [1.29, 1.82) is 0 Å². The van der Waals surface area contributed by atoms with E-state index in [9.17, 15) is 18.5 Å². The summed E-state index contributed by atoms with van der Waals surface area (Å²) in [4.78, 5) is 9.94. The first kappa shape index (κ1) is 20.1. The number of nitrogens with one attached hydrogen (secondary N) is 1. The molecule has 1 saturated carbocycles. The maximum atomic E-state index is 11.8. The highest BCUT2D eigenvalue weighted by molar-refractivity contribution is 7.89. The lowest BCUT2D eigenvalue weighted by molar-refractivity contribution is -0.385. The quantitative estimate of drug-likeness (QED) is 0.536. The summed E-state index contributed by atoms with van der Waals surface area (Å²) in [6, 6.07) is 11.1. The van der Waals surface area contributed by atoms with Gasteiger partial charge in [-0.05, 0) is 49.4 Å². The molecule has 1 aliphatic carbocycles. The van der Waals surface area contributed by atoms with E-state index >= 15 is 0 Å². The molecule has 2 aromatic rings. The number of primary sulfonamides is 1. The molecule has 150 valence electrons. The Morgan fingerprint density at radius 2 is 1.89 bits per heavy atom. The molecule has 1 aliphatic rings. The Hall–Kier alpha value is -2.65. The van der Waals surface area contributed by atoms with Crippen LogP contribution in [0.5, 0.6) is 5.75 Å². The highest BCUT2D eigenvalue weighted by Gasteiger charge is 2.19. The number of benzene rings is 2. The number of rotatable bonds is 7. The van der Waals surface area contributed by atoms with Gasteiger partial charge >= 0.3 is 0 Å². The average molecular weight is 405 g/mol. The van der Waals surface area contributed by atoms with Crippen LogP contribution >= 0.6 is 0 Å². The summed E-state index contributed by atoms with van der Waals surface area (Å²) in [5, 5.41) is 19.1. The van der Waals surface area contributed by atoms with Gasteiger partial charge < -0.3 is 10.1 Å². The van der Waals surface area contributed by atoms with Crippen LogP contribution in [0.3, 0.4) is 0 Å². The first-order chi connectivity index (χ1) is 13.3. The van der Waals surface area contributed by atoms with Crippen LogP contribution in [0.1, 0.15) is 37.7 Å². The van der Waals surface area contributed by atoms with Crippen molar-refractivity contribution in [3.63, 3.8) is 0 Å². The van der Waals surface area contributed by atoms with Gasteiger partial charge in [0.25, 0.3) is 5.69 Å². The number of sulfonamides is 1. The number of nitro groups is 1. The molecule has 2 aromatic carbocycles. The molecule has 0 aromatic heterocycles. The van der Waals surface area contributed by atoms with Gasteiger partial charge in [-0.25, -0.2) is 13.6 Å². The Bertz CT molecular complexity index is 956. The lowest BCUT2D eigenvalue weighted by Crippen LogP contribution is -2.19. The second-order valence-corrected chi connectivity index (χ2v) is 8.39. The number of ether oxygens (including phenoxy) is 1. The van der Waals surface area contributed by atoms with Crippen molar-refractivity contribution in [3.8, 4) is 5.75 Å². The normalized spacial score (nSPS) is 15.2. The van der Waals surface area contributed by atoms with Crippen molar-refractivity contribution < 1.29 is 18.1 Å². The fraction of sp³-hybridized carbons (Fsp3) is 0.368. The van der Waals surface area contributed by atoms with Gasteiger partial charge in [0.1, 0.15) is 10.6 Å². The molecule has 28 heavy (non-hydrogen) atoms. The van der Waals surface area contributed by atoms with Crippen LogP contribution < -0.4 is 15.2 Å². The monoisotopic (exact) mass is 405 g/mol. The number of nitrogens with two attached hydrogens (primary N) is 1. The van der Waals surface area contributed by atoms with Crippen LogP contribution in [0.25, 0.3) is 0 Å². The van der Waals surface area contributed by atoms with E-state index in [4.69, 9.17) is 9.88 Å². The standard InChI is InChI=1S/C19H23N3O5S/c20-28(25,26)19-12-15(22(23)24)9-10-18(19)21-13-14-5-4-8-17(11-14)27-16-6-2-1-3-7-16/h4-5,8-12,16,21H,1-3,6-7,13H2,(H2,20,25,26). The first-order valence-corrected chi connectivity index (χ1v) is 10.7. The third-order valence-electron chi connectivity index (χ3n) is 4.72. The van der Waals surface area contributed by atoms with E-state index in [1.165, 1.54) is 31.4 Å². The Labute approximate surface area is 163 Å². The molecule has 8 nitrogen and oxygen atoms in total. The lowest BCUT2D eigenvalue weighted by atomic mass is 9.98. The molecule has 0 amide bonds. The minimum atomic E-state index is -4.11. The molecule has 3 N–H and O–H groups in total. The maximum absolute atomic E-state index is 11.8. The SMILES string of the molecule is NS(=O)(=O)c1cc([N+](=O)[O-])ccc1NCc1cccc(OC2CCCCC2)c1. The van der Waals surface area contributed by atoms with E-state index < -0.39 is 14.9 Å². The molecule has 0 atom stereocenters. The lowest BCUT2D eigenvalue weighted by Gasteiger charge is -2.23. The van der Waals surface area contributed by atoms with Crippen molar-refractivity contribution in [2.45, 2.75) is 49.6 Å². The Balaban J connectivity index is 1.73.